The summed E-state index contributed by atoms with van der Waals surface area (Å²) in [6.07, 6.45) is 4.52. The summed E-state index contributed by atoms with van der Waals surface area (Å²) in [7, 11) is -0.676. The Morgan fingerprint density at radius 2 is 2.03 bits per heavy atom. The summed E-state index contributed by atoms with van der Waals surface area (Å²) in [5, 5.41) is 9.75. The van der Waals surface area contributed by atoms with E-state index in [1.807, 2.05) is 6.92 Å². The van der Waals surface area contributed by atoms with Gasteiger partial charge in [0.05, 0.1) is 25.5 Å². The molecule has 0 aliphatic carbocycles. The second-order valence-corrected chi connectivity index (χ2v) is 11.8. The third kappa shape index (κ3) is 6.24. The lowest BCUT2D eigenvalue weighted by molar-refractivity contribution is 0.0373. The molecule has 3 atom stereocenters. The van der Waals surface area contributed by atoms with Crippen LogP contribution in [-0.4, -0.2) is 82.1 Å². The van der Waals surface area contributed by atoms with Crippen molar-refractivity contribution in [3.05, 3.63) is 35.9 Å². The monoisotopic (exact) mass is 517 g/mol. The first kappa shape index (κ1) is 27.6. The average Bonchev–Trinajstić information content (AvgIpc) is 3.27. The number of carbonyl (C=O) groups is 1. The highest BCUT2D eigenvalue weighted by Gasteiger charge is 2.36. The number of aromatic nitrogens is 3. The van der Waals surface area contributed by atoms with Gasteiger partial charge in [-0.2, -0.15) is 4.31 Å². The lowest BCUT2D eigenvalue weighted by atomic mass is 10.00. The van der Waals surface area contributed by atoms with Gasteiger partial charge in [-0.15, -0.1) is 0 Å². The number of hydrogen-bond donors (Lipinski definition) is 1. The molecule has 0 saturated carbocycles. The molecule has 2 aromatic rings. The van der Waals surface area contributed by atoms with E-state index in [4.69, 9.17) is 4.74 Å². The molecule has 196 valence electrons. The number of carbonyl (C=O) groups excluding carboxylic acids is 1. The molecule has 2 aromatic heterocycles. The van der Waals surface area contributed by atoms with Crippen molar-refractivity contribution < 1.29 is 23.1 Å². The van der Waals surface area contributed by atoms with Crippen molar-refractivity contribution in [2.45, 2.75) is 51.3 Å². The molecule has 1 N–H and O–H groups in total. The minimum Gasteiger partial charge on any atom is -0.472 e. The average molecular weight is 518 g/mol. The molecule has 11 heteroatoms. The molecular formula is C25H35N5O5S. The maximum Gasteiger partial charge on any atom is 0.261 e. The number of aryl methyl sites for hydroxylation is 1. The van der Waals surface area contributed by atoms with Crippen LogP contribution >= 0.6 is 0 Å². The van der Waals surface area contributed by atoms with E-state index in [0.717, 1.165) is 0 Å². The summed E-state index contributed by atoms with van der Waals surface area (Å²) in [6, 6.07) is 1.20. The summed E-state index contributed by atoms with van der Waals surface area (Å²) in [4.78, 5) is 23.4. The highest BCUT2D eigenvalue weighted by Crippen LogP contribution is 2.28. The van der Waals surface area contributed by atoms with Crippen LogP contribution in [0, 0.1) is 23.7 Å². The smallest absolute Gasteiger partial charge is 0.261 e. The SMILES string of the molecule is CC(C)CC#Cc1cnc2c(c1)C(=O)N([C@@H](C)CO)C[C@@H](C)[C@@H](CN(C)S(=O)(=O)c1cn(C)cn1)O2. The Bertz CT molecular complexity index is 1250. The second-order valence-electron chi connectivity index (χ2n) is 9.76. The van der Waals surface area contributed by atoms with Crippen molar-refractivity contribution in [3.63, 3.8) is 0 Å². The van der Waals surface area contributed by atoms with E-state index in [0.29, 0.717) is 17.9 Å². The van der Waals surface area contributed by atoms with E-state index in [1.165, 1.54) is 23.9 Å². The number of rotatable bonds is 7. The Kier molecular flexibility index (Phi) is 8.76. The summed E-state index contributed by atoms with van der Waals surface area (Å²) in [5.41, 5.74) is 0.821. The van der Waals surface area contributed by atoms with Crippen LogP contribution in [0.3, 0.4) is 0 Å². The van der Waals surface area contributed by atoms with Crippen LogP contribution in [-0.2, 0) is 17.1 Å². The van der Waals surface area contributed by atoms with Gasteiger partial charge in [0.2, 0.25) is 5.88 Å². The number of amides is 1. The molecule has 1 aliphatic rings. The number of aliphatic hydroxyl groups is 1. The maximum atomic E-state index is 13.5. The van der Waals surface area contributed by atoms with Gasteiger partial charge in [0, 0.05) is 50.9 Å². The Morgan fingerprint density at radius 3 is 2.64 bits per heavy atom. The molecule has 0 radical (unpaired) electrons. The Hall–Kier alpha value is -2.94. The van der Waals surface area contributed by atoms with Gasteiger partial charge in [0.25, 0.3) is 15.9 Å². The standard InChI is InChI=1S/C25H35N5O5S/c1-17(2)8-7-9-20-10-21-24(26-11-20)35-22(18(3)12-30(25(21)32)19(4)15-31)13-29(6)36(33,34)23-14-28(5)16-27-23/h10-11,14,16-19,22,31H,8,12-13,15H2,1-6H3/t18-,19+,22-/m1/s1. The van der Waals surface area contributed by atoms with Gasteiger partial charge >= 0.3 is 0 Å². The molecule has 1 amide bonds. The van der Waals surface area contributed by atoms with Crippen molar-refractivity contribution in [2.75, 3.05) is 26.7 Å². The van der Waals surface area contributed by atoms with Gasteiger partial charge in [-0.1, -0.05) is 32.6 Å². The predicted octanol–water partition coefficient (Wildman–Crippen LogP) is 1.75. The summed E-state index contributed by atoms with van der Waals surface area (Å²) >= 11 is 0. The largest absolute Gasteiger partial charge is 0.472 e. The zero-order valence-electron chi connectivity index (χ0n) is 21.7. The molecule has 0 spiro atoms. The lowest BCUT2D eigenvalue weighted by Gasteiger charge is -2.37. The van der Waals surface area contributed by atoms with Crippen molar-refractivity contribution in [1.29, 1.82) is 0 Å². The van der Waals surface area contributed by atoms with Crippen molar-refractivity contribution in [2.24, 2.45) is 18.9 Å². The first-order valence-electron chi connectivity index (χ1n) is 12.0. The zero-order chi connectivity index (χ0) is 26.6. The maximum absolute atomic E-state index is 13.5. The fourth-order valence-electron chi connectivity index (χ4n) is 3.78. The second kappa shape index (κ2) is 11.4. The van der Waals surface area contributed by atoms with E-state index < -0.39 is 22.2 Å². The number of aliphatic hydroxyl groups excluding tert-OH is 1. The first-order valence-corrected chi connectivity index (χ1v) is 13.4. The zero-order valence-corrected chi connectivity index (χ0v) is 22.5. The topological polar surface area (TPSA) is 118 Å². The van der Waals surface area contributed by atoms with Gasteiger partial charge in [-0.05, 0) is 18.9 Å². The number of hydrogen-bond acceptors (Lipinski definition) is 7. The number of fused-ring (bicyclic) bond motifs is 1. The van der Waals surface area contributed by atoms with Crippen LogP contribution in [0.5, 0.6) is 5.88 Å². The quantitative estimate of drug-likeness (QED) is 0.556. The number of ether oxygens (including phenoxy) is 1. The van der Waals surface area contributed by atoms with Gasteiger partial charge < -0.3 is 19.3 Å². The summed E-state index contributed by atoms with van der Waals surface area (Å²) < 4.78 is 35.1. The third-order valence-corrected chi connectivity index (χ3v) is 7.77. The van der Waals surface area contributed by atoms with Crippen LogP contribution in [0.25, 0.3) is 0 Å². The summed E-state index contributed by atoms with van der Waals surface area (Å²) in [6.45, 7) is 7.87. The first-order chi connectivity index (χ1) is 16.9. The van der Waals surface area contributed by atoms with E-state index in [9.17, 15) is 18.3 Å². The van der Waals surface area contributed by atoms with Crippen LogP contribution in [0.4, 0.5) is 0 Å². The Balaban J connectivity index is 1.97. The summed E-state index contributed by atoms with van der Waals surface area (Å²) in [5.74, 6) is 6.10. The van der Waals surface area contributed by atoms with E-state index in [2.05, 4.69) is 35.7 Å². The molecule has 10 nitrogen and oxygen atoms in total. The van der Waals surface area contributed by atoms with E-state index in [1.54, 1.807) is 35.7 Å². The number of pyridine rings is 1. The molecule has 3 heterocycles. The van der Waals surface area contributed by atoms with Crippen LogP contribution in [0.2, 0.25) is 0 Å². The molecule has 0 saturated heterocycles. The fraction of sp³-hybridized carbons (Fsp3) is 0.560. The number of imidazole rings is 1. The molecule has 0 unspecified atom stereocenters. The third-order valence-electron chi connectivity index (χ3n) is 6.06. The highest BCUT2D eigenvalue weighted by atomic mass is 32.2. The normalized spacial score (nSPS) is 19.2. The molecular weight excluding hydrogens is 482 g/mol. The highest BCUT2D eigenvalue weighted by molar-refractivity contribution is 7.89. The Morgan fingerprint density at radius 1 is 1.31 bits per heavy atom. The Labute approximate surface area is 213 Å². The molecule has 1 aliphatic heterocycles. The molecule has 36 heavy (non-hydrogen) atoms. The molecule has 0 fully saturated rings. The lowest BCUT2D eigenvalue weighted by Crippen LogP contribution is -2.50. The number of sulfonamides is 1. The molecule has 0 bridgehead atoms. The van der Waals surface area contributed by atoms with Gasteiger partial charge in [-0.25, -0.2) is 18.4 Å². The van der Waals surface area contributed by atoms with E-state index >= 15 is 0 Å². The predicted molar refractivity (Wildman–Crippen MR) is 135 cm³/mol. The minimum absolute atomic E-state index is 0.0205. The number of nitrogens with zero attached hydrogens (tertiary/aromatic N) is 5. The van der Waals surface area contributed by atoms with Crippen molar-refractivity contribution >= 4 is 15.9 Å². The van der Waals surface area contributed by atoms with Gasteiger partial charge in [0.1, 0.15) is 11.7 Å². The molecule has 0 aromatic carbocycles. The molecule has 3 rings (SSSR count). The fourth-order valence-corrected chi connectivity index (χ4v) is 4.92. The van der Waals surface area contributed by atoms with Crippen molar-refractivity contribution in [1.82, 2.24) is 23.7 Å². The minimum atomic E-state index is -3.85. The van der Waals surface area contributed by atoms with Crippen molar-refractivity contribution in [3.8, 4) is 17.7 Å². The van der Waals surface area contributed by atoms with Crippen LogP contribution < -0.4 is 4.74 Å². The number of likely N-dealkylation sites (N-methyl/N-ethyl adjacent to an activating group) is 1. The van der Waals surface area contributed by atoms with E-state index in [-0.39, 0.29) is 48.0 Å². The van der Waals surface area contributed by atoms with Crippen LogP contribution in [0.1, 0.15) is 50.0 Å². The van der Waals surface area contributed by atoms with Gasteiger partial charge in [0.15, 0.2) is 5.03 Å². The van der Waals surface area contributed by atoms with Crippen LogP contribution in [0.15, 0.2) is 29.8 Å². The van der Waals surface area contributed by atoms with Gasteiger partial charge in [-0.3, -0.25) is 4.79 Å².